The highest BCUT2D eigenvalue weighted by atomic mass is 35.5. The number of alkyl halides is 1. The number of hydrogen-bond donors (Lipinski definition) is 2. The molecule has 100 valence electrons. The van der Waals surface area contributed by atoms with Gasteiger partial charge in [0.05, 0.1) is 6.61 Å². The van der Waals surface area contributed by atoms with Gasteiger partial charge in [-0.1, -0.05) is 31.4 Å². The van der Waals surface area contributed by atoms with E-state index in [2.05, 4.69) is 18.5 Å². The molecule has 0 aromatic rings. The maximum Gasteiger partial charge on any atom is 0.331 e. The van der Waals surface area contributed by atoms with E-state index in [-0.39, 0.29) is 12.5 Å². The molecule has 0 heterocycles. The number of amides is 1. The van der Waals surface area contributed by atoms with E-state index < -0.39 is 24.5 Å². The van der Waals surface area contributed by atoms with Gasteiger partial charge in [-0.25, -0.2) is 4.79 Å². The number of ether oxygens (including phenoxy) is 1. The Bertz CT molecular complexity index is 352. The summed E-state index contributed by atoms with van der Waals surface area (Å²) in [4.78, 5) is 22.5. The van der Waals surface area contributed by atoms with E-state index >= 15 is 0 Å². The molecule has 2 N–H and O–H groups in total. The van der Waals surface area contributed by atoms with E-state index in [1.165, 1.54) is 12.2 Å². The van der Waals surface area contributed by atoms with Crippen LogP contribution in [0.1, 0.15) is 0 Å². The van der Waals surface area contributed by atoms with Crippen molar-refractivity contribution in [2.24, 2.45) is 0 Å². The Kier molecular flexibility index (Phi) is 8.61. The number of hydrogen-bond acceptors (Lipinski definition) is 4. The Labute approximate surface area is 111 Å². The number of allylic oxidation sites excluding steroid dienone is 2. The van der Waals surface area contributed by atoms with Crippen molar-refractivity contribution in [1.82, 2.24) is 5.32 Å². The molecule has 0 aliphatic rings. The first kappa shape index (κ1) is 16.4. The maximum atomic E-state index is 11.5. The first-order valence-corrected chi connectivity index (χ1v) is 5.69. The zero-order valence-electron chi connectivity index (χ0n) is 9.89. The number of nitrogens with one attached hydrogen (secondary N) is 1. The summed E-state index contributed by atoms with van der Waals surface area (Å²) in [6.07, 6.45) is 4.68. The molecule has 0 radical (unpaired) electrons. The molecule has 0 aliphatic heterocycles. The van der Waals surface area contributed by atoms with Gasteiger partial charge in [-0.15, -0.1) is 11.6 Å². The highest BCUT2D eigenvalue weighted by Gasteiger charge is 2.20. The van der Waals surface area contributed by atoms with Crippen molar-refractivity contribution >= 4 is 23.5 Å². The van der Waals surface area contributed by atoms with Gasteiger partial charge in [0.1, 0.15) is 12.5 Å². The largest absolute Gasteiger partial charge is 0.459 e. The molecule has 0 saturated heterocycles. The molecule has 18 heavy (non-hydrogen) atoms. The van der Waals surface area contributed by atoms with Gasteiger partial charge in [-0.3, -0.25) is 4.79 Å². The second kappa shape index (κ2) is 9.44. The van der Waals surface area contributed by atoms with Crippen molar-refractivity contribution in [2.45, 2.75) is 6.04 Å². The van der Waals surface area contributed by atoms with E-state index in [9.17, 15) is 9.59 Å². The lowest BCUT2D eigenvalue weighted by Crippen LogP contribution is -2.45. The standard InChI is InChI=1S/C12H16ClNO4/c1-3-5-9(4-2)8-18-12(17)10(7-15)14-11(16)6-13/h3-5,10,15H,1-2,6-8H2,(H,14,16)/b9-5+. The maximum absolute atomic E-state index is 11.5. The molecular weight excluding hydrogens is 258 g/mol. The van der Waals surface area contributed by atoms with Gasteiger partial charge in [-0.05, 0) is 5.57 Å². The van der Waals surface area contributed by atoms with Crippen LogP contribution < -0.4 is 5.32 Å². The third-order valence-corrected chi connectivity index (χ3v) is 2.14. The zero-order valence-corrected chi connectivity index (χ0v) is 10.7. The molecule has 0 aromatic heterocycles. The van der Waals surface area contributed by atoms with Crippen LogP contribution in [0.2, 0.25) is 0 Å². The van der Waals surface area contributed by atoms with Crippen molar-refractivity contribution in [3.63, 3.8) is 0 Å². The van der Waals surface area contributed by atoms with E-state index in [0.29, 0.717) is 5.57 Å². The molecule has 0 aromatic carbocycles. The predicted molar refractivity (Wildman–Crippen MR) is 69.2 cm³/mol. The fraction of sp³-hybridized carbons (Fsp3) is 0.333. The molecule has 0 aliphatic carbocycles. The molecule has 0 rings (SSSR count). The average Bonchev–Trinajstić information content (AvgIpc) is 2.39. The molecule has 6 heteroatoms. The van der Waals surface area contributed by atoms with Crippen molar-refractivity contribution in [3.05, 3.63) is 37.0 Å². The summed E-state index contributed by atoms with van der Waals surface area (Å²) in [6, 6.07) is -1.12. The van der Waals surface area contributed by atoms with E-state index in [1.807, 2.05) is 0 Å². The lowest BCUT2D eigenvalue weighted by atomic mass is 10.2. The van der Waals surface area contributed by atoms with Crippen molar-refractivity contribution in [1.29, 1.82) is 0 Å². The van der Waals surface area contributed by atoms with E-state index in [4.69, 9.17) is 21.4 Å². The van der Waals surface area contributed by atoms with Crippen LogP contribution in [-0.4, -0.2) is 42.1 Å². The number of carbonyl (C=O) groups is 2. The lowest BCUT2D eigenvalue weighted by Gasteiger charge is -2.14. The van der Waals surface area contributed by atoms with Crippen LogP contribution in [0.4, 0.5) is 0 Å². The molecule has 0 bridgehead atoms. The van der Waals surface area contributed by atoms with Crippen LogP contribution >= 0.6 is 11.6 Å². The minimum atomic E-state index is -1.12. The molecule has 1 amide bonds. The van der Waals surface area contributed by atoms with Gasteiger partial charge >= 0.3 is 5.97 Å². The Hall–Kier alpha value is -1.59. The summed E-state index contributed by atoms with van der Waals surface area (Å²) in [7, 11) is 0. The number of carbonyl (C=O) groups excluding carboxylic acids is 2. The fourth-order valence-electron chi connectivity index (χ4n) is 0.994. The summed E-state index contributed by atoms with van der Waals surface area (Å²) in [5.41, 5.74) is 0.652. The normalized spacial score (nSPS) is 12.4. The first-order valence-electron chi connectivity index (χ1n) is 5.15. The average molecular weight is 274 g/mol. The Balaban J connectivity index is 4.35. The second-order valence-electron chi connectivity index (χ2n) is 3.23. The van der Waals surface area contributed by atoms with Crippen molar-refractivity contribution in [3.8, 4) is 0 Å². The zero-order chi connectivity index (χ0) is 14.0. The Morgan fingerprint density at radius 2 is 2.11 bits per heavy atom. The lowest BCUT2D eigenvalue weighted by molar-refractivity contribution is -0.147. The molecule has 0 saturated carbocycles. The second-order valence-corrected chi connectivity index (χ2v) is 3.49. The fourth-order valence-corrected chi connectivity index (χ4v) is 1.07. The quantitative estimate of drug-likeness (QED) is 0.385. The van der Waals surface area contributed by atoms with Gasteiger partial charge in [0.15, 0.2) is 6.04 Å². The minimum absolute atomic E-state index is 0.0123. The van der Waals surface area contributed by atoms with Crippen LogP contribution in [0, 0.1) is 0 Å². The molecule has 0 fully saturated rings. The van der Waals surface area contributed by atoms with Crippen LogP contribution in [0.3, 0.4) is 0 Å². The van der Waals surface area contributed by atoms with Crippen LogP contribution in [0.15, 0.2) is 37.0 Å². The Morgan fingerprint density at radius 3 is 2.56 bits per heavy atom. The minimum Gasteiger partial charge on any atom is -0.459 e. The number of esters is 1. The predicted octanol–water partition coefficient (Wildman–Crippen LogP) is 0.544. The topological polar surface area (TPSA) is 75.6 Å². The van der Waals surface area contributed by atoms with Crippen molar-refractivity contribution in [2.75, 3.05) is 19.1 Å². The summed E-state index contributed by atoms with van der Waals surface area (Å²) in [6.45, 7) is 6.47. The van der Waals surface area contributed by atoms with Gasteiger partial charge in [-0.2, -0.15) is 0 Å². The van der Waals surface area contributed by atoms with Gasteiger partial charge < -0.3 is 15.2 Å². The summed E-state index contributed by atoms with van der Waals surface area (Å²) in [5, 5.41) is 11.2. The number of halogens is 1. The number of aliphatic hydroxyl groups is 1. The number of rotatable bonds is 8. The van der Waals surface area contributed by atoms with Crippen LogP contribution in [0.5, 0.6) is 0 Å². The molecule has 0 spiro atoms. The van der Waals surface area contributed by atoms with Gasteiger partial charge in [0, 0.05) is 0 Å². The number of aliphatic hydroxyl groups excluding tert-OH is 1. The third-order valence-electron chi connectivity index (χ3n) is 1.90. The summed E-state index contributed by atoms with van der Waals surface area (Å²) >= 11 is 5.27. The Morgan fingerprint density at radius 1 is 1.44 bits per heavy atom. The van der Waals surface area contributed by atoms with E-state index in [0.717, 1.165) is 0 Å². The van der Waals surface area contributed by atoms with Crippen LogP contribution in [0.25, 0.3) is 0 Å². The first-order chi connectivity index (χ1) is 8.58. The van der Waals surface area contributed by atoms with Gasteiger partial charge in [0.25, 0.3) is 0 Å². The van der Waals surface area contributed by atoms with Crippen molar-refractivity contribution < 1.29 is 19.4 Å². The van der Waals surface area contributed by atoms with Crippen LogP contribution in [-0.2, 0) is 14.3 Å². The smallest absolute Gasteiger partial charge is 0.331 e. The molecule has 1 unspecified atom stereocenters. The summed E-state index contributed by atoms with van der Waals surface area (Å²) in [5.74, 6) is -1.59. The van der Waals surface area contributed by atoms with E-state index in [1.54, 1.807) is 6.08 Å². The highest BCUT2D eigenvalue weighted by molar-refractivity contribution is 6.27. The molecular formula is C12H16ClNO4. The highest BCUT2D eigenvalue weighted by Crippen LogP contribution is 1.99. The molecule has 5 nitrogen and oxygen atoms in total. The molecule has 1 atom stereocenters. The third kappa shape index (κ3) is 6.22. The summed E-state index contributed by atoms with van der Waals surface area (Å²) < 4.78 is 4.90. The SMILES string of the molecule is C=C/C=C(\C=C)COC(=O)C(CO)NC(=O)CCl. The van der Waals surface area contributed by atoms with Gasteiger partial charge in [0.2, 0.25) is 5.91 Å². The monoisotopic (exact) mass is 273 g/mol.